The van der Waals surface area contributed by atoms with Gasteiger partial charge in [0.2, 0.25) is 11.8 Å². The first kappa shape index (κ1) is 9.98. The van der Waals surface area contributed by atoms with Gasteiger partial charge in [-0.1, -0.05) is 0 Å². The van der Waals surface area contributed by atoms with E-state index in [4.69, 9.17) is 4.74 Å². The van der Waals surface area contributed by atoms with Crippen LogP contribution in [0.1, 0.15) is 19.3 Å². The molecule has 1 N–H and O–H groups in total. The third kappa shape index (κ3) is 3.02. The average Bonchev–Trinajstić information content (AvgIpc) is 2.48. The molecule has 0 aliphatic carbocycles. The van der Waals surface area contributed by atoms with Crippen molar-refractivity contribution >= 4 is 11.8 Å². The smallest absolute Gasteiger partial charge is 0.241 e. The summed E-state index contributed by atoms with van der Waals surface area (Å²) in [4.78, 5) is 22.2. The topological polar surface area (TPSA) is 58.6 Å². The summed E-state index contributed by atoms with van der Waals surface area (Å²) in [5.74, 6) is -0.178. The molecule has 1 saturated heterocycles. The molecule has 0 unspecified atom stereocenters. The van der Waals surface area contributed by atoms with Crippen LogP contribution in [0.4, 0.5) is 0 Å². The summed E-state index contributed by atoms with van der Waals surface area (Å²) in [5, 5.41) is 1.37. The number of hydrogen-bond donors (Lipinski definition) is 1. The minimum Gasteiger partial charge on any atom is -0.384 e. The number of nitrogens with zero attached hydrogens (tertiary/aromatic N) is 1. The summed E-state index contributed by atoms with van der Waals surface area (Å²) in [6, 6.07) is 0. The van der Waals surface area contributed by atoms with Gasteiger partial charge in [-0.15, -0.1) is 0 Å². The van der Waals surface area contributed by atoms with Crippen molar-refractivity contribution in [1.29, 1.82) is 0 Å². The molecule has 74 valence electrons. The van der Waals surface area contributed by atoms with E-state index in [1.165, 1.54) is 12.1 Å². The summed E-state index contributed by atoms with van der Waals surface area (Å²) >= 11 is 0. The summed E-state index contributed by atoms with van der Waals surface area (Å²) < 4.78 is 4.74. The number of carbonyl (C=O) groups is 2. The molecular weight excluding hydrogens is 172 g/mol. The molecule has 1 aliphatic rings. The van der Waals surface area contributed by atoms with Crippen LogP contribution in [0.2, 0.25) is 0 Å². The second kappa shape index (κ2) is 4.81. The Morgan fingerprint density at radius 1 is 1.69 bits per heavy atom. The van der Waals surface area contributed by atoms with Gasteiger partial charge in [0, 0.05) is 20.1 Å². The second-order valence-electron chi connectivity index (χ2n) is 2.93. The lowest BCUT2D eigenvalue weighted by Gasteiger charge is -2.16. The quantitative estimate of drug-likeness (QED) is 0.654. The van der Waals surface area contributed by atoms with Crippen molar-refractivity contribution in [2.45, 2.75) is 19.3 Å². The van der Waals surface area contributed by atoms with Crippen molar-refractivity contribution in [1.82, 2.24) is 10.4 Å². The lowest BCUT2D eigenvalue weighted by Crippen LogP contribution is -2.43. The molecule has 0 radical (unpaired) electrons. The molecule has 1 fully saturated rings. The fraction of sp³-hybridized carbons (Fsp3) is 0.750. The predicted octanol–water partition coefficient (Wildman–Crippen LogP) is -0.324. The molecule has 1 aliphatic heterocycles. The molecule has 0 bridgehead atoms. The van der Waals surface area contributed by atoms with Gasteiger partial charge >= 0.3 is 0 Å². The van der Waals surface area contributed by atoms with E-state index in [0.29, 0.717) is 26.0 Å². The lowest BCUT2D eigenvalue weighted by molar-refractivity contribution is -0.138. The molecule has 0 spiro atoms. The highest BCUT2D eigenvalue weighted by atomic mass is 16.5. The van der Waals surface area contributed by atoms with E-state index in [2.05, 4.69) is 5.43 Å². The Hall–Kier alpha value is -1.10. The highest BCUT2D eigenvalue weighted by Gasteiger charge is 2.21. The number of hydrazine groups is 1. The first-order valence-electron chi connectivity index (χ1n) is 4.33. The number of rotatable bonds is 4. The molecular formula is C8H14N2O3. The van der Waals surface area contributed by atoms with E-state index >= 15 is 0 Å². The Labute approximate surface area is 77.0 Å². The van der Waals surface area contributed by atoms with Crippen LogP contribution in [0.15, 0.2) is 0 Å². The molecule has 1 rings (SSSR count). The van der Waals surface area contributed by atoms with E-state index in [9.17, 15) is 9.59 Å². The molecule has 1 heterocycles. The number of amides is 2. The predicted molar refractivity (Wildman–Crippen MR) is 45.6 cm³/mol. The first-order valence-corrected chi connectivity index (χ1v) is 4.33. The van der Waals surface area contributed by atoms with Crippen molar-refractivity contribution in [3.8, 4) is 0 Å². The van der Waals surface area contributed by atoms with Crippen LogP contribution in [-0.2, 0) is 14.3 Å². The maximum absolute atomic E-state index is 11.1. The van der Waals surface area contributed by atoms with Crippen molar-refractivity contribution in [3.63, 3.8) is 0 Å². The molecule has 0 aromatic heterocycles. The third-order valence-electron chi connectivity index (χ3n) is 1.87. The molecule has 13 heavy (non-hydrogen) atoms. The monoisotopic (exact) mass is 186 g/mol. The van der Waals surface area contributed by atoms with Crippen molar-refractivity contribution in [3.05, 3.63) is 0 Å². The fourth-order valence-electron chi connectivity index (χ4n) is 1.17. The van der Waals surface area contributed by atoms with Crippen molar-refractivity contribution in [2.75, 3.05) is 20.3 Å². The zero-order valence-corrected chi connectivity index (χ0v) is 7.71. The number of nitrogens with one attached hydrogen (secondary N) is 1. The van der Waals surface area contributed by atoms with Crippen LogP contribution >= 0.6 is 0 Å². The number of ether oxygens (including phenoxy) is 1. The summed E-state index contributed by atoms with van der Waals surface area (Å²) in [7, 11) is 1.54. The first-order chi connectivity index (χ1) is 6.24. The van der Waals surface area contributed by atoms with Gasteiger partial charge in [-0.3, -0.25) is 20.0 Å². The number of methoxy groups -OCH3 is 1. The van der Waals surface area contributed by atoms with Gasteiger partial charge in [0.05, 0.1) is 13.0 Å². The zero-order valence-electron chi connectivity index (χ0n) is 7.71. The molecule has 0 aromatic rings. The largest absolute Gasteiger partial charge is 0.384 e. The lowest BCUT2D eigenvalue weighted by atomic mass is 10.4. The highest BCUT2D eigenvalue weighted by Crippen LogP contribution is 2.05. The van der Waals surface area contributed by atoms with Crippen LogP contribution in [0, 0.1) is 0 Å². The Morgan fingerprint density at radius 2 is 2.46 bits per heavy atom. The van der Waals surface area contributed by atoms with Crippen molar-refractivity contribution < 1.29 is 14.3 Å². The molecule has 5 nitrogen and oxygen atoms in total. The van der Waals surface area contributed by atoms with Gasteiger partial charge in [-0.25, -0.2) is 0 Å². The van der Waals surface area contributed by atoms with E-state index in [1.807, 2.05) is 0 Å². The van der Waals surface area contributed by atoms with Gasteiger partial charge in [0.15, 0.2) is 0 Å². The molecule has 0 saturated carbocycles. The zero-order chi connectivity index (χ0) is 9.68. The van der Waals surface area contributed by atoms with Gasteiger partial charge in [-0.05, 0) is 6.42 Å². The number of hydrogen-bond acceptors (Lipinski definition) is 3. The van der Waals surface area contributed by atoms with Gasteiger partial charge in [0.25, 0.3) is 0 Å². The van der Waals surface area contributed by atoms with Crippen molar-refractivity contribution in [2.24, 2.45) is 0 Å². The van der Waals surface area contributed by atoms with Crippen LogP contribution in [0.5, 0.6) is 0 Å². The van der Waals surface area contributed by atoms with E-state index in [-0.39, 0.29) is 11.8 Å². The minimum atomic E-state index is -0.169. The fourth-order valence-corrected chi connectivity index (χ4v) is 1.17. The van der Waals surface area contributed by atoms with Crippen LogP contribution < -0.4 is 5.43 Å². The van der Waals surface area contributed by atoms with Crippen LogP contribution in [0.25, 0.3) is 0 Å². The minimum absolute atomic E-state index is 0.00855. The van der Waals surface area contributed by atoms with Gasteiger partial charge in [0.1, 0.15) is 0 Å². The summed E-state index contributed by atoms with van der Waals surface area (Å²) in [6.45, 7) is 1.01. The Bertz CT molecular complexity index is 206. The van der Waals surface area contributed by atoms with E-state index in [0.717, 1.165) is 6.42 Å². The second-order valence-corrected chi connectivity index (χ2v) is 2.93. The van der Waals surface area contributed by atoms with Gasteiger partial charge in [-0.2, -0.15) is 0 Å². The molecule has 0 atom stereocenters. The molecule has 0 aromatic carbocycles. The normalized spacial score (nSPS) is 16.4. The Morgan fingerprint density at radius 3 is 3.00 bits per heavy atom. The maximum Gasteiger partial charge on any atom is 0.241 e. The SMILES string of the molecule is COCCC(=O)NN1CCCC1=O. The Balaban J connectivity index is 2.23. The van der Waals surface area contributed by atoms with Crippen LogP contribution in [0.3, 0.4) is 0 Å². The van der Waals surface area contributed by atoms with Gasteiger partial charge < -0.3 is 4.74 Å². The summed E-state index contributed by atoms with van der Waals surface area (Å²) in [6.07, 6.45) is 1.65. The van der Waals surface area contributed by atoms with E-state index < -0.39 is 0 Å². The van der Waals surface area contributed by atoms with Crippen LogP contribution in [-0.4, -0.2) is 37.1 Å². The third-order valence-corrected chi connectivity index (χ3v) is 1.87. The highest BCUT2D eigenvalue weighted by molar-refractivity contribution is 5.83. The van der Waals surface area contributed by atoms with E-state index in [1.54, 1.807) is 0 Å². The summed E-state index contributed by atoms with van der Waals surface area (Å²) in [5.41, 5.74) is 2.53. The average molecular weight is 186 g/mol. The molecule has 5 heteroatoms. The Kier molecular flexibility index (Phi) is 3.70. The number of carbonyl (C=O) groups excluding carboxylic acids is 2. The maximum atomic E-state index is 11.1. The standard InChI is InChI=1S/C8H14N2O3/c1-13-6-4-7(11)9-10-5-2-3-8(10)12/h2-6H2,1H3,(H,9,11). The molecule has 2 amide bonds.